The summed E-state index contributed by atoms with van der Waals surface area (Å²) in [4.78, 5) is 26.0. The van der Waals surface area contributed by atoms with E-state index < -0.39 is 0 Å². The fraction of sp³-hybridized carbons (Fsp3) is 0.846. The lowest BCUT2D eigenvalue weighted by atomic mass is 10.0. The van der Waals surface area contributed by atoms with Crippen LogP contribution in [0.5, 0.6) is 0 Å². The van der Waals surface area contributed by atoms with Crippen LogP contribution in [0.15, 0.2) is 0 Å². The summed E-state index contributed by atoms with van der Waals surface area (Å²) in [7, 11) is 0. The van der Waals surface area contributed by atoms with Crippen molar-refractivity contribution in [3.05, 3.63) is 0 Å². The summed E-state index contributed by atoms with van der Waals surface area (Å²) < 4.78 is -0.0295. The van der Waals surface area contributed by atoms with E-state index in [1.54, 1.807) is 23.6 Å². The van der Waals surface area contributed by atoms with Gasteiger partial charge in [-0.15, -0.1) is 0 Å². The number of amides is 2. The largest absolute Gasteiger partial charge is 0.343 e. The van der Waals surface area contributed by atoms with Crippen molar-refractivity contribution in [1.82, 2.24) is 10.2 Å². The van der Waals surface area contributed by atoms with Crippen molar-refractivity contribution in [2.45, 2.75) is 57.4 Å². The first-order valence-corrected chi connectivity index (χ1v) is 7.71. The summed E-state index contributed by atoms with van der Waals surface area (Å²) in [6, 6.07) is -0.701. The third-order valence-electron chi connectivity index (χ3n) is 3.43. The Kier molecular flexibility index (Phi) is 5.08. The molecular weight excluding hydrogens is 248 g/mol. The monoisotopic (exact) mass is 272 g/mol. The van der Waals surface area contributed by atoms with Crippen molar-refractivity contribution in [3.8, 4) is 0 Å². The molecule has 1 aliphatic rings. The lowest BCUT2D eigenvalue weighted by Crippen LogP contribution is -2.64. The Morgan fingerprint density at radius 2 is 2.00 bits per heavy atom. The van der Waals surface area contributed by atoms with Crippen molar-refractivity contribution >= 4 is 23.6 Å². The number of hydrogen-bond acceptors (Lipinski definition) is 3. The van der Waals surface area contributed by atoms with Crippen molar-refractivity contribution in [2.75, 3.05) is 12.8 Å². The maximum atomic E-state index is 12.4. The molecule has 18 heavy (non-hydrogen) atoms. The second kappa shape index (κ2) is 5.95. The molecule has 1 fully saturated rings. The molecule has 0 aromatic rings. The smallest absolute Gasteiger partial charge is 0.245 e. The van der Waals surface area contributed by atoms with Gasteiger partial charge in [0, 0.05) is 11.3 Å². The van der Waals surface area contributed by atoms with Crippen molar-refractivity contribution in [3.63, 3.8) is 0 Å². The molecule has 2 atom stereocenters. The molecule has 0 aromatic heterocycles. The second-order valence-electron chi connectivity index (χ2n) is 5.46. The Hall–Kier alpha value is -0.710. The van der Waals surface area contributed by atoms with E-state index in [0.29, 0.717) is 13.0 Å². The van der Waals surface area contributed by atoms with Gasteiger partial charge in [-0.05, 0) is 33.4 Å². The maximum Gasteiger partial charge on any atom is 0.245 e. The average Bonchev–Trinajstić information content (AvgIpc) is 2.32. The number of piperazine rings is 1. The SMILES string of the molecule is CCCC1NC(=O)C(C)N(CC(C)(C)SC)C1=O. The summed E-state index contributed by atoms with van der Waals surface area (Å²) in [5, 5.41) is 2.81. The quantitative estimate of drug-likeness (QED) is 0.828. The summed E-state index contributed by atoms with van der Waals surface area (Å²) >= 11 is 1.72. The van der Waals surface area contributed by atoms with Crippen LogP contribution in [0.3, 0.4) is 0 Å². The summed E-state index contributed by atoms with van der Waals surface area (Å²) in [6.45, 7) is 8.62. The zero-order chi connectivity index (χ0) is 13.9. The van der Waals surface area contributed by atoms with Crippen LogP contribution in [0.4, 0.5) is 0 Å². The van der Waals surface area contributed by atoms with Crippen LogP contribution in [-0.2, 0) is 9.59 Å². The molecule has 104 valence electrons. The third-order valence-corrected chi connectivity index (χ3v) is 4.66. The molecule has 1 rings (SSSR count). The molecule has 0 bridgehead atoms. The molecule has 1 aliphatic heterocycles. The van der Waals surface area contributed by atoms with E-state index in [-0.39, 0.29) is 28.6 Å². The van der Waals surface area contributed by atoms with Gasteiger partial charge in [-0.25, -0.2) is 0 Å². The highest BCUT2D eigenvalue weighted by atomic mass is 32.2. The van der Waals surface area contributed by atoms with Crippen LogP contribution in [0.1, 0.15) is 40.5 Å². The third kappa shape index (κ3) is 3.40. The van der Waals surface area contributed by atoms with E-state index in [0.717, 1.165) is 6.42 Å². The molecule has 0 spiro atoms. The van der Waals surface area contributed by atoms with E-state index in [1.165, 1.54) is 0 Å². The number of thioether (sulfide) groups is 1. The van der Waals surface area contributed by atoms with Gasteiger partial charge in [-0.3, -0.25) is 9.59 Å². The average molecular weight is 272 g/mol. The normalized spacial score (nSPS) is 25.3. The number of rotatable bonds is 5. The van der Waals surface area contributed by atoms with E-state index in [9.17, 15) is 9.59 Å². The summed E-state index contributed by atoms with van der Waals surface area (Å²) in [5.41, 5.74) is 0. The number of nitrogens with zero attached hydrogens (tertiary/aromatic N) is 1. The fourth-order valence-corrected chi connectivity index (χ4v) is 2.33. The lowest BCUT2D eigenvalue weighted by molar-refractivity contribution is -0.149. The van der Waals surface area contributed by atoms with E-state index in [4.69, 9.17) is 0 Å². The Morgan fingerprint density at radius 1 is 1.39 bits per heavy atom. The van der Waals surface area contributed by atoms with Crippen molar-refractivity contribution in [2.24, 2.45) is 0 Å². The highest BCUT2D eigenvalue weighted by molar-refractivity contribution is 7.99. The van der Waals surface area contributed by atoms with Crippen LogP contribution in [0, 0.1) is 0 Å². The standard InChI is InChI=1S/C13H24N2O2S/c1-6-7-10-12(17)15(8-13(3,4)18-5)9(2)11(16)14-10/h9-10H,6-8H2,1-5H3,(H,14,16). The molecule has 0 aliphatic carbocycles. The fourth-order valence-electron chi connectivity index (χ4n) is 2.06. The molecule has 0 saturated carbocycles. The first kappa shape index (κ1) is 15.3. The van der Waals surface area contributed by atoms with Gasteiger partial charge in [-0.2, -0.15) is 11.8 Å². The van der Waals surface area contributed by atoms with Crippen LogP contribution in [-0.4, -0.2) is 46.3 Å². The predicted octanol–water partition coefficient (Wildman–Crippen LogP) is 1.64. The molecule has 0 aromatic carbocycles. The number of carbonyl (C=O) groups excluding carboxylic acids is 2. The highest BCUT2D eigenvalue weighted by Crippen LogP contribution is 2.25. The molecule has 0 radical (unpaired) electrons. The van der Waals surface area contributed by atoms with Gasteiger partial charge >= 0.3 is 0 Å². The molecular formula is C13H24N2O2S. The first-order valence-electron chi connectivity index (χ1n) is 6.48. The van der Waals surface area contributed by atoms with E-state index >= 15 is 0 Å². The minimum atomic E-state index is -0.364. The first-order chi connectivity index (χ1) is 8.32. The second-order valence-corrected chi connectivity index (χ2v) is 6.97. The van der Waals surface area contributed by atoms with E-state index in [1.807, 2.05) is 13.2 Å². The van der Waals surface area contributed by atoms with Gasteiger partial charge in [0.2, 0.25) is 11.8 Å². The molecule has 4 nitrogen and oxygen atoms in total. The zero-order valence-electron chi connectivity index (χ0n) is 11.9. The number of hydrogen-bond donors (Lipinski definition) is 1. The Labute approximate surface area is 114 Å². The van der Waals surface area contributed by atoms with Gasteiger partial charge < -0.3 is 10.2 Å². The molecule has 1 N–H and O–H groups in total. The molecule has 2 unspecified atom stereocenters. The molecule has 2 amide bonds. The van der Waals surface area contributed by atoms with Crippen molar-refractivity contribution in [1.29, 1.82) is 0 Å². The zero-order valence-corrected chi connectivity index (χ0v) is 12.8. The molecule has 5 heteroatoms. The minimum Gasteiger partial charge on any atom is -0.343 e. The van der Waals surface area contributed by atoms with Crippen LogP contribution in [0.25, 0.3) is 0 Å². The Bertz CT molecular complexity index is 331. The maximum absolute atomic E-state index is 12.4. The molecule has 1 heterocycles. The lowest BCUT2D eigenvalue weighted by Gasteiger charge is -2.41. The van der Waals surface area contributed by atoms with E-state index in [2.05, 4.69) is 19.2 Å². The summed E-state index contributed by atoms with van der Waals surface area (Å²) in [6.07, 6.45) is 3.64. The van der Waals surface area contributed by atoms with Gasteiger partial charge in [-0.1, -0.05) is 13.3 Å². The van der Waals surface area contributed by atoms with Crippen LogP contribution < -0.4 is 5.32 Å². The predicted molar refractivity (Wildman–Crippen MR) is 75.6 cm³/mol. The number of nitrogens with one attached hydrogen (secondary N) is 1. The van der Waals surface area contributed by atoms with Gasteiger partial charge in [0.05, 0.1) is 0 Å². The van der Waals surface area contributed by atoms with Gasteiger partial charge in [0.25, 0.3) is 0 Å². The molecule has 1 saturated heterocycles. The highest BCUT2D eigenvalue weighted by Gasteiger charge is 2.39. The Balaban J connectivity index is 2.85. The van der Waals surface area contributed by atoms with Crippen LogP contribution in [0.2, 0.25) is 0 Å². The van der Waals surface area contributed by atoms with Crippen LogP contribution >= 0.6 is 11.8 Å². The topological polar surface area (TPSA) is 49.4 Å². The Morgan fingerprint density at radius 3 is 2.50 bits per heavy atom. The summed E-state index contributed by atoms with van der Waals surface area (Å²) in [5.74, 6) is 0.0241. The minimum absolute atomic E-state index is 0.0295. The van der Waals surface area contributed by atoms with Gasteiger partial charge in [0.1, 0.15) is 12.1 Å². The van der Waals surface area contributed by atoms with Crippen molar-refractivity contribution < 1.29 is 9.59 Å². The van der Waals surface area contributed by atoms with Gasteiger partial charge in [0.15, 0.2) is 0 Å². The number of carbonyl (C=O) groups is 2.